The number of methoxy groups -OCH3 is 1. The van der Waals surface area contributed by atoms with E-state index in [2.05, 4.69) is 5.32 Å². The lowest BCUT2D eigenvalue weighted by atomic mass is 10.3. The largest absolute Gasteiger partial charge is 0.494 e. The third-order valence-corrected chi connectivity index (χ3v) is 2.11. The molecule has 0 atom stereocenters. The molecular formula is C13H19NO4. The van der Waals surface area contributed by atoms with Crippen molar-refractivity contribution in [1.29, 1.82) is 0 Å². The molecule has 18 heavy (non-hydrogen) atoms. The van der Waals surface area contributed by atoms with Gasteiger partial charge in [-0.3, -0.25) is 4.79 Å². The van der Waals surface area contributed by atoms with Gasteiger partial charge in [0.2, 0.25) is 0 Å². The van der Waals surface area contributed by atoms with Gasteiger partial charge in [-0.05, 0) is 19.1 Å². The third kappa shape index (κ3) is 5.54. The number of hydrogen-bond acceptors (Lipinski definition) is 4. The molecule has 1 rings (SSSR count). The molecule has 5 nitrogen and oxygen atoms in total. The van der Waals surface area contributed by atoms with Crippen LogP contribution in [0.25, 0.3) is 0 Å². The van der Waals surface area contributed by atoms with Gasteiger partial charge in [0.25, 0.3) is 5.91 Å². The molecule has 0 aliphatic heterocycles. The predicted molar refractivity (Wildman–Crippen MR) is 68.0 cm³/mol. The molecule has 0 unspecified atom stereocenters. The molecule has 0 aliphatic rings. The molecular weight excluding hydrogens is 234 g/mol. The van der Waals surface area contributed by atoms with Gasteiger partial charge in [0, 0.05) is 19.7 Å². The Morgan fingerprint density at radius 1 is 1.28 bits per heavy atom. The van der Waals surface area contributed by atoms with E-state index in [4.69, 9.17) is 14.2 Å². The van der Waals surface area contributed by atoms with Crippen molar-refractivity contribution in [2.24, 2.45) is 0 Å². The average molecular weight is 253 g/mol. The van der Waals surface area contributed by atoms with Crippen molar-refractivity contribution in [3.63, 3.8) is 0 Å². The lowest BCUT2D eigenvalue weighted by molar-refractivity contribution is -0.123. The minimum atomic E-state index is -0.172. The van der Waals surface area contributed by atoms with Crippen LogP contribution in [0.4, 0.5) is 0 Å². The molecule has 1 N–H and O–H groups in total. The zero-order valence-electron chi connectivity index (χ0n) is 10.8. The highest BCUT2D eigenvalue weighted by molar-refractivity contribution is 5.77. The van der Waals surface area contributed by atoms with Gasteiger partial charge in [-0.1, -0.05) is 6.07 Å². The van der Waals surface area contributed by atoms with Crippen molar-refractivity contribution in [2.45, 2.75) is 6.92 Å². The fourth-order valence-electron chi connectivity index (χ4n) is 1.31. The lowest BCUT2D eigenvalue weighted by Gasteiger charge is -2.08. The zero-order valence-corrected chi connectivity index (χ0v) is 10.8. The Balaban J connectivity index is 2.33. The molecule has 0 bridgehead atoms. The molecule has 0 aromatic heterocycles. The quantitative estimate of drug-likeness (QED) is 0.708. The molecule has 1 aromatic rings. The molecule has 1 amide bonds. The van der Waals surface area contributed by atoms with Crippen LogP contribution in [0.15, 0.2) is 24.3 Å². The maximum Gasteiger partial charge on any atom is 0.258 e. The summed E-state index contributed by atoms with van der Waals surface area (Å²) in [6.07, 6.45) is 0. The van der Waals surface area contributed by atoms with Crippen LogP contribution in [0.2, 0.25) is 0 Å². The molecule has 0 saturated heterocycles. The predicted octanol–water partition coefficient (Wildman–Crippen LogP) is 1.23. The van der Waals surface area contributed by atoms with E-state index >= 15 is 0 Å². The molecule has 0 saturated carbocycles. The fraction of sp³-hybridized carbons (Fsp3) is 0.462. The normalized spacial score (nSPS) is 9.89. The second kappa shape index (κ2) is 8.36. The van der Waals surface area contributed by atoms with Gasteiger partial charge in [0.05, 0.1) is 13.2 Å². The van der Waals surface area contributed by atoms with E-state index in [1.165, 1.54) is 0 Å². The van der Waals surface area contributed by atoms with Crippen LogP contribution >= 0.6 is 0 Å². The van der Waals surface area contributed by atoms with E-state index in [9.17, 15) is 4.79 Å². The van der Waals surface area contributed by atoms with Gasteiger partial charge in [0.15, 0.2) is 6.61 Å². The Kier molecular flexibility index (Phi) is 6.64. The summed E-state index contributed by atoms with van der Waals surface area (Å²) in [4.78, 5) is 11.4. The fourth-order valence-corrected chi connectivity index (χ4v) is 1.31. The summed E-state index contributed by atoms with van der Waals surface area (Å²) in [5.41, 5.74) is 0. The van der Waals surface area contributed by atoms with E-state index in [1.54, 1.807) is 19.2 Å². The first-order valence-corrected chi connectivity index (χ1v) is 5.87. The molecule has 0 spiro atoms. The Labute approximate surface area is 107 Å². The van der Waals surface area contributed by atoms with Crippen LogP contribution in [-0.2, 0) is 9.53 Å². The molecule has 0 radical (unpaired) electrons. The first-order valence-electron chi connectivity index (χ1n) is 5.87. The molecule has 0 aliphatic carbocycles. The highest BCUT2D eigenvalue weighted by Gasteiger charge is 2.02. The molecule has 1 aromatic carbocycles. The van der Waals surface area contributed by atoms with Gasteiger partial charge < -0.3 is 19.5 Å². The van der Waals surface area contributed by atoms with Crippen LogP contribution in [0.3, 0.4) is 0 Å². The first-order chi connectivity index (χ1) is 8.76. The summed E-state index contributed by atoms with van der Waals surface area (Å²) >= 11 is 0. The van der Waals surface area contributed by atoms with Crippen molar-refractivity contribution in [3.05, 3.63) is 24.3 Å². The summed E-state index contributed by atoms with van der Waals surface area (Å²) in [7, 11) is 1.59. The Morgan fingerprint density at radius 2 is 2.00 bits per heavy atom. The van der Waals surface area contributed by atoms with Crippen molar-refractivity contribution in [2.75, 3.05) is 33.5 Å². The second-order valence-corrected chi connectivity index (χ2v) is 3.54. The van der Waals surface area contributed by atoms with Crippen molar-refractivity contribution in [3.8, 4) is 11.5 Å². The number of benzene rings is 1. The SMILES string of the molecule is CCOc1cccc(OCC(=O)NCCOC)c1. The van der Waals surface area contributed by atoms with Crippen LogP contribution in [0.5, 0.6) is 11.5 Å². The summed E-state index contributed by atoms with van der Waals surface area (Å²) in [6, 6.07) is 7.20. The van der Waals surface area contributed by atoms with E-state index in [1.807, 2.05) is 19.1 Å². The van der Waals surface area contributed by atoms with Crippen LogP contribution in [0, 0.1) is 0 Å². The highest BCUT2D eigenvalue weighted by atomic mass is 16.5. The van der Waals surface area contributed by atoms with Gasteiger partial charge in [-0.25, -0.2) is 0 Å². The van der Waals surface area contributed by atoms with Crippen LogP contribution < -0.4 is 14.8 Å². The van der Waals surface area contributed by atoms with Crippen LogP contribution in [-0.4, -0.2) is 39.4 Å². The zero-order chi connectivity index (χ0) is 13.2. The number of hydrogen-bond donors (Lipinski definition) is 1. The second-order valence-electron chi connectivity index (χ2n) is 3.54. The van der Waals surface area contributed by atoms with E-state index in [0.29, 0.717) is 25.5 Å². The van der Waals surface area contributed by atoms with Crippen molar-refractivity contribution < 1.29 is 19.0 Å². The highest BCUT2D eigenvalue weighted by Crippen LogP contribution is 2.19. The molecule has 100 valence electrons. The molecule has 0 heterocycles. The van der Waals surface area contributed by atoms with Crippen molar-refractivity contribution in [1.82, 2.24) is 5.32 Å². The van der Waals surface area contributed by atoms with Gasteiger partial charge >= 0.3 is 0 Å². The first kappa shape index (κ1) is 14.3. The maximum atomic E-state index is 11.4. The number of amides is 1. The lowest BCUT2D eigenvalue weighted by Crippen LogP contribution is -2.31. The van der Waals surface area contributed by atoms with E-state index in [-0.39, 0.29) is 12.5 Å². The summed E-state index contributed by atoms with van der Waals surface area (Å²) in [5, 5.41) is 2.67. The standard InChI is InChI=1S/C13H19NO4/c1-3-17-11-5-4-6-12(9-11)18-10-13(15)14-7-8-16-2/h4-6,9H,3,7-8,10H2,1-2H3,(H,14,15). The number of carbonyl (C=O) groups is 1. The monoisotopic (exact) mass is 253 g/mol. The van der Waals surface area contributed by atoms with E-state index in [0.717, 1.165) is 5.75 Å². The number of carbonyl (C=O) groups excluding carboxylic acids is 1. The topological polar surface area (TPSA) is 56.8 Å². The molecule has 5 heteroatoms. The van der Waals surface area contributed by atoms with Gasteiger partial charge in [-0.15, -0.1) is 0 Å². The molecule has 0 fully saturated rings. The van der Waals surface area contributed by atoms with Gasteiger partial charge in [0.1, 0.15) is 11.5 Å². The van der Waals surface area contributed by atoms with E-state index < -0.39 is 0 Å². The van der Waals surface area contributed by atoms with Crippen molar-refractivity contribution >= 4 is 5.91 Å². The smallest absolute Gasteiger partial charge is 0.258 e. The maximum absolute atomic E-state index is 11.4. The summed E-state index contributed by atoms with van der Waals surface area (Å²) < 4.78 is 15.5. The third-order valence-electron chi connectivity index (χ3n) is 2.11. The number of rotatable bonds is 8. The Bertz CT molecular complexity index is 368. The average Bonchev–Trinajstić information content (AvgIpc) is 2.38. The van der Waals surface area contributed by atoms with Crippen LogP contribution in [0.1, 0.15) is 6.92 Å². The Morgan fingerprint density at radius 3 is 2.67 bits per heavy atom. The minimum absolute atomic E-state index is 0.0146. The minimum Gasteiger partial charge on any atom is -0.494 e. The Hall–Kier alpha value is -1.75. The number of ether oxygens (including phenoxy) is 3. The summed E-state index contributed by atoms with van der Waals surface area (Å²) in [5.74, 6) is 1.17. The van der Waals surface area contributed by atoms with Gasteiger partial charge in [-0.2, -0.15) is 0 Å². The summed E-state index contributed by atoms with van der Waals surface area (Å²) in [6.45, 7) is 3.47. The number of nitrogens with one attached hydrogen (secondary N) is 1.